The predicted octanol–water partition coefficient (Wildman–Crippen LogP) is 3.30. The topological polar surface area (TPSA) is 52.7 Å². The van der Waals surface area contributed by atoms with E-state index >= 15 is 0 Å². The first kappa shape index (κ1) is 18.4. The van der Waals surface area contributed by atoms with E-state index in [2.05, 4.69) is 15.1 Å². The Balaban J connectivity index is 1.47. The number of ketones is 1. The van der Waals surface area contributed by atoms with Crippen molar-refractivity contribution in [2.24, 2.45) is 0 Å². The third kappa shape index (κ3) is 4.84. The number of hydrogen-bond donors (Lipinski definition) is 1. The molecule has 1 amide bonds. The first-order valence-corrected chi connectivity index (χ1v) is 9.03. The van der Waals surface area contributed by atoms with Gasteiger partial charge in [0.2, 0.25) is 5.91 Å². The van der Waals surface area contributed by atoms with Crippen molar-refractivity contribution < 1.29 is 9.59 Å². The Morgan fingerprint density at radius 1 is 0.962 bits per heavy atom. The van der Waals surface area contributed by atoms with Crippen molar-refractivity contribution in [1.82, 2.24) is 4.90 Å². The summed E-state index contributed by atoms with van der Waals surface area (Å²) in [4.78, 5) is 28.0. The van der Waals surface area contributed by atoms with Crippen molar-refractivity contribution in [2.75, 3.05) is 42.9 Å². The molecule has 136 valence electrons. The lowest BCUT2D eigenvalue weighted by atomic mass is 10.1. The molecule has 0 atom stereocenters. The van der Waals surface area contributed by atoms with Crippen LogP contribution in [0, 0.1) is 0 Å². The first-order valence-electron chi connectivity index (χ1n) is 8.65. The molecule has 0 radical (unpaired) electrons. The lowest BCUT2D eigenvalue weighted by Gasteiger charge is -2.35. The van der Waals surface area contributed by atoms with E-state index in [0.717, 1.165) is 36.9 Å². The molecule has 0 unspecified atom stereocenters. The SMILES string of the molecule is CC(=O)c1ccc(NC(=O)CN2CCN(c3ccc(Cl)cc3)CC2)cc1. The second-order valence-corrected chi connectivity index (χ2v) is 6.86. The minimum Gasteiger partial charge on any atom is -0.369 e. The van der Waals surface area contributed by atoms with Gasteiger partial charge in [0.25, 0.3) is 0 Å². The van der Waals surface area contributed by atoms with Crippen molar-refractivity contribution in [3.63, 3.8) is 0 Å². The highest BCUT2D eigenvalue weighted by Crippen LogP contribution is 2.19. The van der Waals surface area contributed by atoms with E-state index < -0.39 is 0 Å². The maximum absolute atomic E-state index is 12.2. The van der Waals surface area contributed by atoms with Crippen molar-refractivity contribution in [2.45, 2.75) is 6.92 Å². The molecule has 0 spiro atoms. The van der Waals surface area contributed by atoms with Gasteiger partial charge in [-0.25, -0.2) is 0 Å². The van der Waals surface area contributed by atoms with Gasteiger partial charge in [0, 0.05) is 48.1 Å². The third-order valence-electron chi connectivity index (χ3n) is 4.51. The Morgan fingerprint density at radius 2 is 1.58 bits per heavy atom. The normalized spacial score (nSPS) is 14.9. The maximum Gasteiger partial charge on any atom is 0.238 e. The van der Waals surface area contributed by atoms with Gasteiger partial charge < -0.3 is 10.2 Å². The lowest BCUT2D eigenvalue weighted by molar-refractivity contribution is -0.117. The van der Waals surface area contributed by atoms with Crippen LogP contribution < -0.4 is 10.2 Å². The smallest absolute Gasteiger partial charge is 0.238 e. The molecule has 5 nitrogen and oxygen atoms in total. The van der Waals surface area contributed by atoms with Gasteiger partial charge in [0.15, 0.2) is 5.78 Å². The van der Waals surface area contributed by atoms with Crippen LogP contribution in [0.1, 0.15) is 17.3 Å². The number of nitrogens with one attached hydrogen (secondary N) is 1. The molecule has 1 fully saturated rings. The number of amides is 1. The Hall–Kier alpha value is -2.37. The van der Waals surface area contributed by atoms with Crippen LogP contribution in [-0.4, -0.2) is 49.3 Å². The number of hydrogen-bond acceptors (Lipinski definition) is 4. The summed E-state index contributed by atoms with van der Waals surface area (Å²) in [5.41, 5.74) is 2.50. The van der Waals surface area contributed by atoms with E-state index in [0.29, 0.717) is 17.8 Å². The molecule has 1 N–H and O–H groups in total. The van der Waals surface area contributed by atoms with E-state index in [1.165, 1.54) is 6.92 Å². The predicted molar refractivity (Wildman–Crippen MR) is 105 cm³/mol. The minimum atomic E-state index is -0.0412. The summed E-state index contributed by atoms with van der Waals surface area (Å²) < 4.78 is 0. The average molecular weight is 372 g/mol. The van der Waals surface area contributed by atoms with E-state index in [-0.39, 0.29) is 11.7 Å². The highest BCUT2D eigenvalue weighted by molar-refractivity contribution is 6.30. The Bertz CT molecular complexity index is 767. The van der Waals surface area contributed by atoms with E-state index in [1.807, 2.05) is 24.3 Å². The van der Waals surface area contributed by atoms with Gasteiger partial charge in [0.05, 0.1) is 6.54 Å². The van der Waals surface area contributed by atoms with Crippen molar-refractivity contribution in [3.8, 4) is 0 Å². The van der Waals surface area contributed by atoms with Crippen LogP contribution >= 0.6 is 11.6 Å². The Kier molecular flexibility index (Phi) is 5.91. The monoisotopic (exact) mass is 371 g/mol. The number of anilines is 2. The molecule has 0 aromatic heterocycles. The Morgan fingerprint density at radius 3 is 2.15 bits per heavy atom. The highest BCUT2D eigenvalue weighted by Gasteiger charge is 2.19. The summed E-state index contributed by atoms with van der Waals surface area (Å²) >= 11 is 5.93. The number of benzene rings is 2. The lowest BCUT2D eigenvalue weighted by Crippen LogP contribution is -2.48. The van der Waals surface area contributed by atoms with Crippen molar-refractivity contribution >= 4 is 34.7 Å². The molecule has 3 rings (SSSR count). The van der Waals surface area contributed by atoms with Gasteiger partial charge in [-0.05, 0) is 55.5 Å². The molecule has 2 aromatic rings. The maximum atomic E-state index is 12.2. The zero-order valence-corrected chi connectivity index (χ0v) is 15.5. The van der Waals surface area contributed by atoms with Crippen molar-refractivity contribution in [1.29, 1.82) is 0 Å². The molecule has 0 aliphatic carbocycles. The number of rotatable bonds is 5. The Labute approximate surface area is 158 Å². The van der Waals surface area contributed by atoms with Crippen LogP contribution in [0.15, 0.2) is 48.5 Å². The summed E-state index contributed by atoms with van der Waals surface area (Å²) in [5, 5.41) is 3.62. The van der Waals surface area contributed by atoms with Crippen LogP contribution in [0.3, 0.4) is 0 Å². The minimum absolute atomic E-state index is 0.0152. The molecule has 6 heteroatoms. The van der Waals surface area contributed by atoms with Gasteiger partial charge in [0.1, 0.15) is 0 Å². The van der Waals surface area contributed by atoms with E-state index in [9.17, 15) is 9.59 Å². The summed E-state index contributed by atoms with van der Waals surface area (Å²) in [7, 11) is 0. The molecule has 26 heavy (non-hydrogen) atoms. The van der Waals surface area contributed by atoms with Gasteiger partial charge in [-0.2, -0.15) is 0 Å². The fraction of sp³-hybridized carbons (Fsp3) is 0.300. The summed E-state index contributed by atoms with van der Waals surface area (Å²) in [6.07, 6.45) is 0. The van der Waals surface area contributed by atoms with Crippen LogP contribution in [0.2, 0.25) is 5.02 Å². The summed E-state index contributed by atoms with van der Waals surface area (Å²) in [6, 6.07) is 14.8. The quantitative estimate of drug-likeness (QED) is 0.819. The molecule has 1 aliphatic heterocycles. The average Bonchev–Trinajstić information content (AvgIpc) is 2.63. The van der Waals surface area contributed by atoms with Crippen LogP contribution in [0.25, 0.3) is 0 Å². The van der Waals surface area contributed by atoms with Crippen molar-refractivity contribution in [3.05, 3.63) is 59.1 Å². The van der Waals surface area contributed by atoms with E-state index in [4.69, 9.17) is 11.6 Å². The molecular formula is C20H22ClN3O2. The number of halogens is 1. The number of carbonyl (C=O) groups excluding carboxylic acids is 2. The molecular weight excluding hydrogens is 350 g/mol. The van der Waals surface area contributed by atoms with Crippen LogP contribution in [0.5, 0.6) is 0 Å². The molecule has 1 saturated heterocycles. The number of piperazine rings is 1. The molecule has 1 heterocycles. The third-order valence-corrected chi connectivity index (χ3v) is 4.76. The molecule has 1 aliphatic rings. The molecule has 2 aromatic carbocycles. The van der Waals surface area contributed by atoms with Gasteiger partial charge in [-0.15, -0.1) is 0 Å². The standard InChI is InChI=1S/C20H22ClN3O2/c1-15(25)16-2-6-18(7-3-16)22-20(26)14-23-10-12-24(13-11-23)19-8-4-17(21)5-9-19/h2-9H,10-14H2,1H3,(H,22,26). The number of Topliss-reactive ketones (excluding diaryl/α,β-unsaturated/α-hetero) is 1. The van der Waals surface area contributed by atoms with Gasteiger partial charge >= 0.3 is 0 Å². The van der Waals surface area contributed by atoms with Gasteiger partial charge in [-0.1, -0.05) is 11.6 Å². The largest absolute Gasteiger partial charge is 0.369 e. The van der Waals surface area contributed by atoms with E-state index in [1.54, 1.807) is 24.3 Å². The zero-order chi connectivity index (χ0) is 18.5. The fourth-order valence-corrected chi connectivity index (χ4v) is 3.13. The van der Waals surface area contributed by atoms with Crippen LogP contribution in [0.4, 0.5) is 11.4 Å². The number of carbonyl (C=O) groups is 2. The highest BCUT2D eigenvalue weighted by atomic mass is 35.5. The second kappa shape index (κ2) is 8.34. The number of nitrogens with zero attached hydrogens (tertiary/aromatic N) is 2. The first-order chi connectivity index (χ1) is 12.5. The molecule has 0 saturated carbocycles. The summed E-state index contributed by atoms with van der Waals surface area (Å²) in [5.74, 6) is -0.0260. The second-order valence-electron chi connectivity index (χ2n) is 6.42. The van der Waals surface area contributed by atoms with Crippen LogP contribution in [-0.2, 0) is 4.79 Å². The van der Waals surface area contributed by atoms with Gasteiger partial charge in [-0.3, -0.25) is 14.5 Å². The fourth-order valence-electron chi connectivity index (χ4n) is 3.01. The summed E-state index contributed by atoms with van der Waals surface area (Å²) in [6.45, 7) is 5.31. The molecule has 0 bridgehead atoms. The zero-order valence-electron chi connectivity index (χ0n) is 14.7.